The van der Waals surface area contributed by atoms with Crippen LogP contribution < -0.4 is 13.9 Å². The van der Waals surface area contributed by atoms with E-state index in [2.05, 4.69) is 16.0 Å². The van der Waals surface area contributed by atoms with Crippen LogP contribution in [0.2, 0.25) is 10.0 Å². The van der Waals surface area contributed by atoms with E-state index in [0.29, 0.717) is 70.8 Å². The summed E-state index contributed by atoms with van der Waals surface area (Å²) in [6.45, 7) is 3.57. The first-order valence-electron chi connectivity index (χ1n) is 15.2. The second-order valence-electron chi connectivity index (χ2n) is 11.3. The molecule has 48 heavy (non-hydrogen) atoms. The quantitative estimate of drug-likeness (QED) is 0.201. The van der Waals surface area contributed by atoms with Crippen LogP contribution in [0.4, 0.5) is 11.4 Å². The van der Waals surface area contributed by atoms with Crippen LogP contribution in [0.15, 0.2) is 96.3 Å². The molecule has 10 nitrogen and oxygen atoms in total. The van der Waals surface area contributed by atoms with E-state index in [9.17, 15) is 13.7 Å². The summed E-state index contributed by atoms with van der Waals surface area (Å²) in [6.07, 6.45) is 4.57. The van der Waals surface area contributed by atoms with E-state index < -0.39 is 21.5 Å². The SMILES string of the molecule is CCOc1ccccc1C1(N2CCN(c3c(Cl)cncc3Cl)CC2)C(=O)N(S(=O)(=O)c2cccc3cccnc23)c2ccc(C#N)cc21. The summed E-state index contributed by atoms with van der Waals surface area (Å²) >= 11 is 13.0. The van der Waals surface area contributed by atoms with E-state index in [4.69, 9.17) is 27.9 Å². The van der Waals surface area contributed by atoms with Crippen molar-refractivity contribution in [1.82, 2.24) is 14.9 Å². The number of nitriles is 1. The first kappa shape index (κ1) is 31.8. The molecule has 1 amide bonds. The highest BCUT2D eigenvalue weighted by Crippen LogP contribution is 2.53. The Hall–Kier alpha value is -4.73. The average Bonchev–Trinajstić information content (AvgIpc) is 3.37. The van der Waals surface area contributed by atoms with Crippen molar-refractivity contribution in [3.8, 4) is 11.8 Å². The molecule has 242 valence electrons. The number of halogens is 2. The molecule has 1 fully saturated rings. The van der Waals surface area contributed by atoms with Crippen molar-refractivity contribution in [3.63, 3.8) is 0 Å². The molecule has 0 aliphatic carbocycles. The van der Waals surface area contributed by atoms with E-state index in [0.717, 1.165) is 4.31 Å². The maximum atomic E-state index is 15.4. The number of pyridine rings is 2. The van der Waals surface area contributed by atoms with Crippen LogP contribution in [-0.2, 0) is 20.4 Å². The predicted octanol–water partition coefficient (Wildman–Crippen LogP) is 6.01. The highest BCUT2D eigenvalue weighted by atomic mass is 35.5. The molecule has 4 heterocycles. The first-order chi connectivity index (χ1) is 23.2. The fraction of sp³-hybridized carbons (Fsp3) is 0.200. The van der Waals surface area contributed by atoms with Gasteiger partial charge in [-0.25, -0.2) is 12.7 Å². The molecule has 2 aliphatic rings. The number of ether oxygens (including phenoxy) is 1. The summed E-state index contributed by atoms with van der Waals surface area (Å²) in [5.74, 6) is -0.281. The summed E-state index contributed by atoms with van der Waals surface area (Å²) in [7, 11) is -4.54. The molecule has 1 unspecified atom stereocenters. The Morgan fingerprint density at radius 3 is 2.40 bits per heavy atom. The number of carbonyl (C=O) groups is 1. The van der Waals surface area contributed by atoms with Crippen LogP contribution >= 0.6 is 23.2 Å². The van der Waals surface area contributed by atoms with Gasteiger partial charge in [0.15, 0.2) is 5.54 Å². The van der Waals surface area contributed by atoms with Crippen molar-refractivity contribution >= 4 is 61.4 Å². The number of hydrogen-bond donors (Lipinski definition) is 0. The summed E-state index contributed by atoms with van der Waals surface area (Å²) in [4.78, 5) is 27.8. The molecule has 0 N–H and O–H groups in total. The third-order valence-corrected chi connectivity index (χ3v) is 11.1. The number of benzene rings is 3. The zero-order chi connectivity index (χ0) is 33.6. The van der Waals surface area contributed by atoms with Crippen molar-refractivity contribution in [3.05, 3.63) is 118 Å². The molecular weight excluding hydrogens is 671 g/mol. The number of rotatable bonds is 7. The van der Waals surface area contributed by atoms with Gasteiger partial charge in [0.25, 0.3) is 15.9 Å². The van der Waals surface area contributed by atoms with Gasteiger partial charge in [0.05, 0.1) is 45.2 Å². The molecule has 3 aromatic carbocycles. The van der Waals surface area contributed by atoms with Gasteiger partial charge in [-0.1, -0.05) is 59.6 Å². The van der Waals surface area contributed by atoms with Gasteiger partial charge in [-0.15, -0.1) is 0 Å². The van der Waals surface area contributed by atoms with Gasteiger partial charge in [-0.05, 0) is 43.3 Å². The van der Waals surface area contributed by atoms with E-state index >= 15 is 4.79 Å². The van der Waals surface area contributed by atoms with Crippen molar-refractivity contribution in [2.45, 2.75) is 17.4 Å². The van der Waals surface area contributed by atoms with Gasteiger partial charge in [0.2, 0.25) is 0 Å². The number of para-hydroxylation sites is 2. The summed E-state index contributed by atoms with van der Waals surface area (Å²) in [6, 6.07) is 22.3. The standard InChI is InChI=1S/C35H28Cl2N6O4S/c1-2-47-30-10-4-3-9-25(30)35(42-17-15-41(16-18-42)33-27(36)21-39-22-28(33)37)26-19-23(20-38)12-13-29(26)43(34(35)44)48(45,46)31-11-5-7-24-8-6-14-40-32(24)31/h3-14,19,21-22H,2,15-18H2,1H3. The molecular formula is C35H28Cl2N6O4S. The number of anilines is 2. The number of carbonyl (C=O) groups excluding carboxylic acids is 1. The maximum absolute atomic E-state index is 15.4. The Kier molecular flexibility index (Phi) is 8.21. The highest BCUT2D eigenvalue weighted by Gasteiger charge is 2.60. The maximum Gasteiger partial charge on any atom is 0.273 e. The number of aromatic nitrogens is 2. The van der Waals surface area contributed by atoms with Crippen LogP contribution in [0.1, 0.15) is 23.6 Å². The molecule has 0 radical (unpaired) electrons. The molecule has 1 saturated heterocycles. The smallest absolute Gasteiger partial charge is 0.273 e. The normalized spacial score (nSPS) is 18.2. The fourth-order valence-corrected chi connectivity index (χ4v) is 9.06. The minimum absolute atomic E-state index is 0.107. The van der Waals surface area contributed by atoms with E-state index in [-0.39, 0.29) is 21.7 Å². The Balaban J connectivity index is 1.45. The van der Waals surface area contributed by atoms with Crippen LogP contribution in [0.3, 0.4) is 0 Å². The van der Waals surface area contributed by atoms with Crippen LogP contribution in [0.25, 0.3) is 10.9 Å². The summed E-state index contributed by atoms with van der Waals surface area (Å²) < 4.78 is 36.6. The topological polar surface area (TPSA) is 120 Å². The van der Waals surface area contributed by atoms with E-state index in [1.807, 2.05) is 16.7 Å². The largest absolute Gasteiger partial charge is 0.493 e. The van der Waals surface area contributed by atoms with Gasteiger partial charge in [0, 0.05) is 61.3 Å². The van der Waals surface area contributed by atoms with Crippen LogP contribution in [0, 0.1) is 11.3 Å². The van der Waals surface area contributed by atoms with Gasteiger partial charge < -0.3 is 9.64 Å². The Bertz CT molecular complexity index is 2210. The number of hydrogen-bond acceptors (Lipinski definition) is 9. The minimum Gasteiger partial charge on any atom is -0.493 e. The lowest BCUT2D eigenvalue weighted by atomic mass is 9.80. The molecule has 0 spiro atoms. The molecule has 2 aromatic heterocycles. The third-order valence-electron chi connectivity index (χ3n) is 8.82. The van der Waals surface area contributed by atoms with E-state index in [1.54, 1.807) is 54.6 Å². The van der Waals surface area contributed by atoms with Crippen LogP contribution in [-0.4, -0.2) is 62.0 Å². The number of sulfonamides is 1. The molecule has 0 bridgehead atoms. The fourth-order valence-electron chi connectivity index (χ4n) is 6.82. The summed E-state index contributed by atoms with van der Waals surface area (Å²) in [5.41, 5.74) is 0.459. The molecule has 13 heteroatoms. The minimum atomic E-state index is -4.54. The second-order valence-corrected chi connectivity index (χ2v) is 13.9. The molecule has 1 atom stereocenters. The molecule has 0 saturated carbocycles. The van der Waals surface area contributed by atoms with Gasteiger partial charge >= 0.3 is 0 Å². The predicted molar refractivity (Wildman–Crippen MR) is 184 cm³/mol. The molecule has 5 aromatic rings. The lowest BCUT2D eigenvalue weighted by Crippen LogP contribution is -2.60. The van der Waals surface area contributed by atoms with Crippen molar-refractivity contribution in [2.24, 2.45) is 0 Å². The Morgan fingerprint density at radius 1 is 0.938 bits per heavy atom. The zero-order valence-electron chi connectivity index (χ0n) is 25.7. The summed E-state index contributed by atoms with van der Waals surface area (Å²) in [5, 5.41) is 11.4. The average molecular weight is 700 g/mol. The first-order valence-corrected chi connectivity index (χ1v) is 17.4. The van der Waals surface area contributed by atoms with Crippen molar-refractivity contribution < 1.29 is 17.9 Å². The van der Waals surface area contributed by atoms with Crippen molar-refractivity contribution in [2.75, 3.05) is 42.0 Å². The lowest BCUT2D eigenvalue weighted by Gasteiger charge is -2.46. The zero-order valence-corrected chi connectivity index (χ0v) is 28.0. The number of piperazine rings is 1. The number of amides is 1. The number of nitrogens with zero attached hydrogens (tertiary/aromatic N) is 6. The third kappa shape index (κ3) is 4.87. The monoisotopic (exact) mass is 698 g/mol. The van der Waals surface area contributed by atoms with Gasteiger partial charge in [-0.3, -0.25) is 19.7 Å². The second kappa shape index (κ2) is 12.4. The van der Waals surface area contributed by atoms with E-state index in [1.165, 1.54) is 36.8 Å². The van der Waals surface area contributed by atoms with Crippen LogP contribution in [0.5, 0.6) is 5.75 Å². The molecule has 2 aliphatic heterocycles. The molecule has 7 rings (SSSR count). The van der Waals surface area contributed by atoms with Gasteiger partial charge in [0.1, 0.15) is 10.6 Å². The van der Waals surface area contributed by atoms with Crippen molar-refractivity contribution in [1.29, 1.82) is 5.26 Å². The van der Waals surface area contributed by atoms with Gasteiger partial charge in [-0.2, -0.15) is 5.26 Å². The Morgan fingerprint density at radius 2 is 1.67 bits per heavy atom. The number of fused-ring (bicyclic) bond motifs is 2. The Labute approximate surface area is 287 Å². The highest BCUT2D eigenvalue weighted by molar-refractivity contribution is 7.93. The lowest BCUT2D eigenvalue weighted by molar-refractivity contribution is -0.127.